The molecule has 0 amide bonds. The lowest BCUT2D eigenvalue weighted by atomic mass is 10.1. The van der Waals surface area contributed by atoms with Crippen LogP contribution in [0.3, 0.4) is 0 Å². The molecule has 142 valence electrons. The molecule has 2 aromatic rings. The van der Waals surface area contributed by atoms with Crippen LogP contribution in [-0.4, -0.2) is 35.4 Å². The van der Waals surface area contributed by atoms with E-state index in [9.17, 15) is 8.42 Å². The molecule has 0 bridgehead atoms. The highest BCUT2D eigenvalue weighted by molar-refractivity contribution is 7.90. The number of benzene rings is 2. The van der Waals surface area contributed by atoms with Crippen molar-refractivity contribution in [2.45, 2.75) is 17.9 Å². The molecule has 0 saturated carbocycles. The molecule has 0 fully saturated rings. The average Bonchev–Trinajstić information content (AvgIpc) is 2.56. The molecule has 0 aromatic heterocycles. The second-order valence-corrected chi connectivity index (χ2v) is 8.65. The van der Waals surface area contributed by atoms with Crippen LogP contribution in [0.25, 0.3) is 0 Å². The fraction of sp³-hybridized carbons (Fsp3) is 0.333. The Balaban J connectivity index is 2.09. The minimum Gasteiger partial charge on any atom is -0.496 e. The van der Waals surface area contributed by atoms with E-state index < -0.39 is 9.84 Å². The normalized spacial score (nSPS) is 11.4. The first-order chi connectivity index (χ1) is 12.2. The molecular weight excluding hydrogens is 397 g/mol. The van der Waals surface area contributed by atoms with Gasteiger partial charge in [-0.2, -0.15) is 0 Å². The Morgan fingerprint density at radius 2 is 1.58 bits per heavy atom. The summed E-state index contributed by atoms with van der Waals surface area (Å²) < 4.78 is 34.4. The predicted octanol–water partition coefficient (Wildman–Crippen LogP) is 3.75. The topological polar surface area (TPSA) is 64.6 Å². The zero-order valence-electron chi connectivity index (χ0n) is 14.8. The molecule has 0 aliphatic rings. The second-order valence-electron chi connectivity index (χ2n) is 5.79. The molecule has 2 aromatic carbocycles. The summed E-state index contributed by atoms with van der Waals surface area (Å²) in [6, 6.07) is 8.59. The molecule has 0 spiro atoms. The van der Waals surface area contributed by atoms with E-state index >= 15 is 0 Å². The molecule has 0 saturated heterocycles. The molecule has 1 N–H and O–H groups in total. The first-order valence-corrected chi connectivity index (χ1v) is 10.5. The zero-order chi connectivity index (χ0) is 19.3. The molecule has 0 heterocycles. The van der Waals surface area contributed by atoms with Crippen LogP contribution in [0.2, 0.25) is 10.0 Å². The minimum absolute atomic E-state index is 0.113. The number of nitrogens with one attached hydrogen (secondary N) is 1. The summed E-state index contributed by atoms with van der Waals surface area (Å²) in [6.45, 7) is 1.27. The van der Waals surface area contributed by atoms with Gasteiger partial charge >= 0.3 is 0 Å². The maximum Gasteiger partial charge on any atom is 0.179 e. The fourth-order valence-corrected chi connectivity index (χ4v) is 3.99. The molecule has 0 radical (unpaired) electrons. The Morgan fingerprint density at radius 1 is 0.962 bits per heavy atom. The van der Waals surface area contributed by atoms with Gasteiger partial charge in [-0.15, -0.1) is 0 Å². The van der Waals surface area contributed by atoms with Crippen molar-refractivity contribution in [1.82, 2.24) is 5.32 Å². The standard InChI is InChI=1S/C18H21Cl2NO4S/c1-24-16-10-18(26(3,22)23)17(25-2)8-13(16)4-5-21-11-12-6-14(19)9-15(20)7-12/h6-10,21H,4-5,11H2,1-3H3. The molecule has 0 atom stereocenters. The molecule has 0 aliphatic carbocycles. The second kappa shape index (κ2) is 8.95. The lowest BCUT2D eigenvalue weighted by Gasteiger charge is -2.14. The highest BCUT2D eigenvalue weighted by atomic mass is 35.5. The van der Waals surface area contributed by atoms with E-state index in [2.05, 4.69) is 5.32 Å². The Bertz CT molecular complexity index is 865. The van der Waals surface area contributed by atoms with Crippen molar-refractivity contribution in [3.05, 3.63) is 51.5 Å². The Kier molecular flexibility index (Phi) is 7.17. The molecule has 8 heteroatoms. The summed E-state index contributed by atoms with van der Waals surface area (Å²) in [5, 5.41) is 4.50. The number of hydrogen-bond donors (Lipinski definition) is 1. The molecule has 0 unspecified atom stereocenters. The molecular formula is C18H21Cl2NO4S. The van der Waals surface area contributed by atoms with Crippen LogP contribution in [0.1, 0.15) is 11.1 Å². The van der Waals surface area contributed by atoms with E-state index in [4.69, 9.17) is 32.7 Å². The van der Waals surface area contributed by atoms with Gasteiger partial charge in [0.25, 0.3) is 0 Å². The van der Waals surface area contributed by atoms with E-state index in [1.54, 1.807) is 12.1 Å². The average molecular weight is 418 g/mol. The molecule has 2 rings (SSSR count). The maximum atomic E-state index is 11.9. The van der Waals surface area contributed by atoms with Crippen LogP contribution < -0.4 is 14.8 Å². The van der Waals surface area contributed by atoms with Gasteiger partial charge in [-0.3, -0.25) is 0 Å². The van der Waals surface area contributed by atoms with Crippen LogP contribution in [0.5, 0.6) is 11.5 Å². The van der Waals surface area contributed by atoms with E-state index in [1.807, 2.05) is 12.1 Å². The Labute approximate surface area is 164 Å². The van der Waals surface area contributed by atoms with E-state index in [0.717, 1.165) is 17.4 Å². The zero-order valence-corrected chi connectivity index (χ0v) is 17.1. The summed E-state index contributed by atoms with van der Waals surface area (Å²) >= 11 is 12.0. The van der Waals surface area contributed by atoms with E-state index in [0.29, 0.717) is 41.1 Å². The predicted molar refractivity (Wildman–Crippen MR) is 105 cm³/mol. The fourth-order valence-electron chi connectivity index (χ4n) is 2.59. The van der Waals surface area contributed by atoms with Gasteiger partial charge in [-0.1, -0.05) is 23.2 Å². The quantitative estimate of drug-likeness (QED) is 0.662. The minimum atomic E-state index is -3.41. The van der Waals surface area contributed by atoms with Crippen LogP contribution in [0.15, 0.2) is 35.2 Å². The van der Waals surface area contributed by atoms with Gasteiger partial charge in [-0.25, -0.2) is 8.42 Å². The monoisotopic (exact) mass is 417 g/mol. The van der Waals surface area contributed by atoms with Crippen molar-refractivity contribution in [2.75, 3.05) is 27.0 Å². The van der Waals surface area contributed by atoms with Crippen LogP contribution in [0.4, 0.5) is 0 Å². The number of sulfone groups is 1. The molecule has 26 heavy (non-hydrogen) atoms. The summed E-state index contributed by atoms with van der Waals surface area (Å²) in [5.41, 5.74) is 1.84. The maximum absolute atomic E-state index is 11.9. The summed E-state index contributed by atoms with van der Waals surface area (Å²) in [4.78, 5) is 0.113. The lowest BCUT2D eigenvalue weighted by Crippen LogP contribution is -2.17. The van der Waals surface area contributed by atoms with Crippen LogP contribution in [-0.2, 0) is 22.8 Å². The third-order valence-corrected chi connectivity index (χ3v) is 5.34. The van der Waals surface area contributed by atoms with Crippen molar-refractivity contribution in [2.24, 2.45) is 0 Å². The molecule has 5 nitrogen and oxygen atoms in total. The summed E-state index contributed by atoms with van der Waals surface area (Å²) in [6.07, 6.45) is 1.78. The van der Waals surface area contributed by atoms with Crippen molar-refractivity contribution in [3.8, 4) is 11.5 Å². The number of halogens is 2. The van der Waals surface area contributed by atoms with Crippen molar-refractivity contribution >= 4 is 33.0 Å². The van der Waals surface area contributed by atoms with Crippen LogP contribution in [0, 0.1) is 0 Å². The molecule has 0 aliphatic heterocycles. The summed E-state index contributed by atoms with van der Waals surface area (Å²) in [5.74, 6) is 0.823. The Morgan fingerprint density at radius 3 is 2.12 bits per heavy atom. The number of rotatable bonds is 8. The number of hydrogen-bond acceptors (Lipinski definition) is 5. The van der Waals surface area contributed by atoms with Gasteiger partial charge in [0.1, 0.15) is 16.4 Å². The van der Waals surface area contributed by atoms with Gasteiger partial charge in [0.05, 0.1) is 14.2 Å². The van der Waals surface area contributed by atoms with Crippen molar-refractivity contribution in [1.29, 1.82) is 0 Å². The van der Waals surface area contributed by atoms with E-state index in [-0.39, 0.29) is 4.90 Å². The summed E-state index contributed by atoms with van der Waals surface area (Å²) in [7, 11) is -0.451. The first-order valence-electron chi connectivity index (χ1n) is 7.85. The van der Waals surface area contributed by atoms with Gasteiger partial charge in [0.2, 0.25) is 0 Å². The first kappa shape index (κ1) is 20.8. The van der Waals surface area contributed by atoms with Gasteiger partial charge in [0.15, 0.2) is 9.84 Å². The van der Waals surface area contributed by atoms with Crippen molar-refractivity contribution < 1.29 is 17.9 Å². The largest absolute Gasteiger partial charge is 0.496 e. The number of ether oxygens (including phenoxy) is 2. The highest BCUT2D eigenvalue weighted by Gasteiger charge is 2.18. The lowest BCUT2D eigenvalue weighted by molar-refractivity contribution is 0.388. The number of methoxy groups -OCH3 is 2. The SMILES string of the molecule is COc1cc(S(C)(=O)=O)c(OC)cc1CCNCc1cc(Cl)cc(Cl)c1. The van der Waals surface area contributed by atoms with E-state index in [1.165, 1.54) is 20.3 Å². The Hall–Kier alpha value is -1.47. The highest BCUT2D eigenvalue weighted by Crippen LogP contribution is 2.32. The van der Waals surface area contributed by atoms with Crippen LogP contribution >= 0.6 is 23.2 Å². The van der Waals surface area contributed by atoms with Gasteiger partial charge < -0.3 is 14.8 Å². The van der Waals surface area contributed by atoms with Crippen molar-refractivity contribution in [3.63, 3.8) is 0 Å². The van der Waals surface area contributed by atoms with Gasteiger partial charge in [0, 0.05) is 28.9 Å². The third kappa shape index (κ3) is 5.51. The third-order valence-electron chi connectivity index (χ3n) is 3.79. The van der Waals surface area contributed by atoms with Gasteiger partial charge in [-0.05, 0) is 48.4 Å². The smallest absolute Gasteiger partial charge is 0.179 e.